The van der Waals surface area contributed by atoms with Crippen LogP contribution in [0.4, 0.5) is 0 Å². The van der Waals surface area contributed by atoms with Gasteiger partial charge >= 0.3 is 0 Å². The van der Waals surface area contributed by atoms with Crippen molar-refractivity contribution in [3.05, 3.63) is 12.7 Å². The van der Waals surface area contributed by atoms with Gasteiger partial charge in [0.15, 0.2) is 0 Å². The van der Waals surface area contributed by atoms with E-state index >= 15 is 0 Å². The summed E-state index contributed by atoms with van der Waals surface area (Å²) in [5, 5.41) is 2.89. The fourth-order valence-electron chi connectivity index (χ4n) is 1.51. The third-order valence-electron chi connectivity index (χ3n) is 2.22. The van der Waals surface area contributed by atoms with Crippen LogP contribution in [0.15, 0.2) is 12.7 Å². The summed E-state index contributed by atoms with van der Waals surface area (Å²) in [5.74, 6) is 0.585. The van der Waals surface area contributed by atoms with Crippen molar-refractivity contribution in [2.75, 3.05) is 13.1 Å². The molecule has 1 heterocycles. The van der Waals surface area contributed by atoms with Gasteiger partial charge in [0.05, 0.1) is 6.17 Å². The molecule has 74 valence electrons. The van der Waals surface area contributed by atoms with Crippen LogP contribution < -0.4 is 5.32 Å². The molecule has 1 aliphatic rings. The first-order valence-electron chi connectivity index (χ1n) is 4.80. The highest BCUT2D eigenvalue weighted by atomic mass is 16.1. The number of hydrogen-bond donors (Lipinski definition) is 1. The fraction of sp³-hybridized carbons (Fsp3) is 0.700. The largest absolute Gasteiger partial charge is 0.337 e. The number of nitrogens with zero attached hydrogens (tertiary/aromatic N) is 1. The van der Waals surface area contributed by atoms with Crippen LogP contribution in [0.1, 0.15) is 20.3 Å². The highest BCUT2D eigenvalue weighted by Gasteiger charge is 2.28. The van der Waals surface area contributed by atoms with Crippen LogP contribution in [0.25, 0.3) is 0 Å². The molecule has 1 unspecified atom stereocenters. The van der Waals surface area contributed by atoms with Gasteiger partial charge < -0.3 is 5.32 Å². The standard InChI is InChI=1S/C10H18N2O/c1-4-10(13)11-9-5-6-12(9)7-8(2)3/h4,8-9H,1,5-7H2,2-3H3,(H,11,13). The lowest BCUT2D eigenvalue weighted by Gasteiger charge is -2.42. The predicted octanol–water partition coefficient (Wildman–Crippen LogP) is 0.976. The van der Waals surface area contributed by atoms with E-state index in [-0.39, 0.29) is 12.1 Å². The van der Waals surface area contributed by atoms with Crippen molar-refractivity contribution in [2.45, 2.75) is 26.4 Å². The maximum atomic E-state index is 11.0. The molecule has 0 aromatic carbocycles. The molecule has 0 saturated carbocycles. The fourth-order valence-corrected chi connectivity index (χ4v) is 1.51. The minimum Gasteiger partial charge on any atom is -0.337 e. The quantitative estimate of drug-likeness (QED) is 0.657. The van der Waals surface area contributed by atoms with E-state index in [1.54, 1.807) is 0 Å². The van der Waals surface area contributed by atoms with E-state index in [9.17, 15) is 4.79 Å². The molecule has 13 heavy (non-hydrogen) atoms. The molecule has 3 nitrogen and oxygen atoms in total. The van der Waals surface area contributed by atoms with Gasteiger partial charge in [0.2, 0.25) is 5.91 Å². The van der Waals surface area contributed by atoms with Crippen LogP contribution in [0.5, 0.6) is 0 Å². The van der Waals surface area contributed by atoms with Crippen molar-refractivity contribution in [3.63, 3.8) is 0 Å². The Morgan fingerprint density at radius 1 is 1.77 bits per heavy atom. The zero-order valence-corrected chi connectivity index (χ0v) is 8.42. The molecule has 0 aromatic heterocycles. The Morgan fingerprint density at radius 3 is 2.85 bits per heavy atom. The molecule has 1 N–H and O–H groups in total. The van der Waals surface area contributed by atoms with Crippen LogP contribution in [0, 0.1) is 5.92 Å². The van der Waals surface area contributed by atoms with Gasteiger partial charge in [-0.3, -0.25) is 9.69 Å². The number of nitrogens with one attached hydrogen (secondary N) is 1. The van der Waals surface area contributed by atoms with E-state index in [1.165, 1.54) is 6.08 Å². The van der Waals surface area contributed by atoms with Gasteiger partial charge in [-0.25, -0.2) is 0 Å². The number of rotatable bonds is 4. The van der Waals surface area contributed by atoms with Crippen molar-refractivity contribution in [3.8, 4) is 0 Å². The molecule has 1 rings (SSSR count). The SMILES string of the molecule is C=CC(=O)NC1CCN1CC(C)C. The van der Waals surface area contributed by atoms with Crippen LogP contribution in [-0.4, -0.2) is 30.1 Å². The number of carbonyl (C=O) groups is 1. The maximum Gasteiger partial charge on any atom is 0.244 e. The number of hydrogen-bond acceptors (Lipinski definition) is 2. The molecule has 0 aromatic rings. The van der Waals surface area contributed by atoms with E-state index in [1.807, 2.05) is 0 Å². The van der Waals surface area contributed by atoms with Crippen molar-refractivity contribution in [2.24, 2.45) is 5.92 Å². The van der Waals surface area contributed by atoms with Gasteiger partial charge in [-0.1, -0.05) is 20.4 Å². The Balaban J connectivity index is 2.28. The lowest BCUT2D eigenvalue weighted by Crippen LogP contribution is -2.58. The van der Waals surface area contributed by atoms with Crippen molar-refractivity contribution in [1.29, 1.82) is 0 Å². The zero-order valence-electron chi connectivity index (χ0n) is 8.42. The highest BCUT2D eigenvalue weighted by molar-refractivity contribution is 5.87. The van der Waals surface area contributed by atoms with Crippen LogP contribution in [0.2, 0.25) is 0 Å². The molecule has 0 aliphatic carbocycles. The van der Waals surface area contributed by atoms with Gasteiger partial charge in [-0.2, -0.15) is 0 Å². The van der Waals surface area contributed by atoms with Gasteiger partial charge in [0.25, 0.3) is 0 Å². The number of likely N-dealkylation sites (tertiary alicyclic amines) is 1. The first kappa shape index (κ1) is 10.3. The molecule has 0 bridgehead atoms. The topological polar surface area (TPSA) is 32.3 Å². The molecule has 1 atom stereocenters. The Labute approximate surface area is 79.8 Å². The van der Waals surface area contributed by atoms with E-state index in [4.69, 9.17) is 0 Å². The highest BCUT2D eigenvalue weighted by Crippen LogP contribution is 2.16. The molecular formula is C10H18N2O. The smallest absolute Gasteiger partial charge is 0.244 e. The third kappa shape index (κ3) is 2.84. The van der Waals surface area contributed by atoms with Gasteiger partial charge in [-0.15, -0.1) is 0 Å². The van der Waals surface area contributed by atoms with E-state index in [0.29, 0.717) is 5.92 Å². The van der Waals surface area contributed by atoms with E-state index in [0.717, 1.165) is 19.5 Å². The molecule has 0 spiro atoms. The molecule has 0 radical (unpaired) electrons. The van der Waals surface area contributed by atoms with Gasteiger partial charge in [0, 0.05) is 13.1 Å². The monoisotopic (exact) mass is 182 g/mol. The lowest BCUT2D eigenvalue weighted by atomic mass is 10.1. The summed E-state index contributed by atoms with van der Waals surface area (Å²) in [4.78, 5) is 13.3. The predicted molar refractivity (Wildman–Crippen MR) is 53.2 cm³/mol. The third-order valence-corrected chi connectivity index (χ3v) is 2.22. The average Bonchev–Trinajstić information content (AvgIpc) is 2.08. The number of carbonyl (C=O) groups excluding carboxylic acids is 1. The molecule has 1 saturated heterocycles. The van der Waals surface area contributed by atoms with Crippen molar-refractivity contribution < 1.29 is 4.79 Å². The van der Waals surface area contributed by atoms with E-state index < -0.39 is 0 Å². The first-order valence-corrected chi connectivity index (χ1v) is 4.80. The normalized spacial score (nSPS) is 22.5. The summed E-state index contributed by atoms with van der Waals surface area (Å²) < 4.78 is 0. The summed E-state index contributed by atoms with van der Waals surface area (Å²) in [7, 11) is 0. The molecule has 1 aliphatic heterocycles. The van der Waals surface area contributed by atoms with Crippen molar-refractivity contribution >= 4 is 5.91 Å². The summed E-state index contributed by atoms with van der Waals surface area (Å²) in [6.07, 6.45) is 2.63. The van der Waals surface area contributed by atoms with Crippen LogP contribution in [-0.2, 0) is 4.79 Å². The Bertz CT molecular complexity index is 201. The second kappa shape index (κ2) is 4.42. The van der Waals surface area contributed by atoms with Crippen LogP contribution >= 0.6 is 0 Å². The van der Waals surface area contributed by atoms with Gasteiger partial charge in [-0.05, 0) is 18.4 Å². The maximum absolute atomic E-state index is 11.0. The minimum atomic E-state index is -0.0709. The summed E-state index contributed by atoms with van der Waals surface area (Å²) in [6.45, 7) is 9.95. The average molecular weight is 182 g/mol. The summed E-state index contributed by atoms with van der Waals surface area (Å²) >= 11 is 0. The summed E-state index contributed by atoms with van der Waals surface area (Å²) in [6, 6.07) is 0. The van der Waals surface area contributed by atoms with E-state index in [2.05, 4.69) is 30.6 Å². The first-order chi connectivity index (χ1) is 6.13. The molecule has 1 amide bonds. The summed E-state index contributed by atoms with van der Waals surface area (Å²) in [5.41, 5.74) is 0. The Kier molecular flexibility index (Phi) is 3.48. The molecular weight excluding hydrogens is 164 g/mol. The second-order valence-electron chi connectivity index (χ2n) is 3.91. The molecule has 3 heteroatoms. The number of amides is 1. The molecule has 1 fully saturated rings. The van der Waals surface area contributed by atoms with Crippen LogP contribution in [0.3, 0.4) is 0 Å². The Hall–Kier alpha value is -0.830. The zero-order chi connectivity index (χ0) is 9.84. The second-order valence-corrected chi connectivity index (χ2v) is 3.91. The lowest BCUT2D eigenvalue weighted by molar-refractivity contribution is -0.120. The van der Waals surface area contributed by atoms with Gasteiger partial charge in [0.1, 0.15) is 0 Å². The minimum absolute atomic E-state index is 0.0709. The van der Waals surface area contributed by atoms with Crippen molar-refractivity contribution in [1.82, 2.24) is 10.2 Å². The Morgan fingerprint density at radius 2 is 2.46 bits per heavy atom.